The number of amides is 1. The molecule has 2 aliphatic heterocycles. The molecule has 1 unspecified atom stereocenters. The van der Waals surface area contributed by atoms with Gasteiger partial charge >= 0.3 is 0 Å². The van der Waals surface area contributed by atoms with Crippen LogP contribution >= 0.6 is 11.6 Å². The summed E-state index contributed by atoms with van der Waals surface area (Å²) in [4.78, 5) is 22.8. The third-order valence-electron chi connectivity index (χ3n) is 7.15. The Morgan fingerprint density at radius 1 is 1.14 bits per heavy atom. The maximum absolute atomic E-state index is 13.8. The number of nitrogens with one attached hydrogen (secondary N) is 1. The Balaban J connectivity index is 1.47. The predicted octanol–water partition coefficient (Wildman–Crippen LogP) is 2.64. The molecular weight excluding hydrogens is 514 g/mol. The van der Waals surface area contributed by atoms with Crippen molar-refractivity contribution in [2.75, 3.05) is 35.5 Å². The van der Waals surface area contributed by atoms with Crippen LogP contribution in [0.4, 0.5) is 11.5 Å². The van der Waals surface area contributed by atoms with Gasteiger partial charge in [0.2, 0.25) is 10.0 Å². The number of fused-ring (bicyclic) bond motifs is 1. The number of likely N-dealkylation sites (tertiary alicyclic amines) is 1. The van der Waals surface area contributed by atoms with Crippen LogP contribution in [-0.4, -0.2) is 65.8 Å². The summed E-state index contributed by atoms with van der Waals surface area (Å²) in [7, 11) is -3.58. The summed E-state index contributed by atoms with van der Waals surface area (Å²) in [5.74, 6) is 0.689. The number of sulfonamides is 1. The number of benzene rings is 1. The number of aryl methyl sites for hydroxylation is 1. The fourth-order valence-corrected chi connectivity index (χ4v) is 6.02. The lowest BCUT2D eigenvalue weighted by Crippen LogP contribution is -2.64. The topological polar surface area (TPSA) is 128 Å². The molecule has 37 heavy (non-hydrogen) atoms. The van der Waals surface area contributed by atoms with Crippen LogP contribution in [0, 0.1) is 6.92 Å². The lowest BCUT2D eigenvalue weighted by molar-refractivity contribution is -0.423. The van der Waals surface area contributed by atoms with E-state index >= 15 is 0 Å². The summed E-state index contributed by atoms with van der Waals surface area (Å²) in [5, 5.41) is 5.18. The maximum atomic E-state index is 13.8. The van der Waals surface area contributed by atoms with E-state index in [2.05, 4.69) is 15.4 Å². The number of hydrogen-bond acceptors (Lipinski definition) is 6. The molecule has 1 amide bonds. The standard InChI is InChI=1S/C25H32ClN7O3S/c1-16-15-33-23(28-24(16)31-11-8-18(27)9-12-31)14-21(29-33)22-5-3-4-10-32(22)25(34)19-13-17(26)6-7-20(19)30-37(2,35)36/h6-7,13-15,18,22,30H,3-5,8-12,27H2,1-2H3/p+1. The van der Waals surface area contributed by atoms with Crippen molar-refractivity contribution in [3.05, 3.63) is 52.3 Å². The van der Waals surface area contributed by atoms with Gasteiger partial charge in [-0.1, -0.05) is 11.6 Å². The van der Waals surface area contributed by atoms with E-state index in [-0.39, 0.29) is 23.2 Å². The zero-order valence-electron chi connectivity index (χ0n) is 21.2. The zero-order valence-corrected chi connectivity index (χ0v) is 22.7. The van der Waals surface area contributed by atoms with Crippen LogP contribution in [0.3, 0.4) is 0 Å². The Morgan fingerprint density at radius 2 is 1.89 bits per heavy atom. The monoisotopic (exact) mass is 546 g/mol. The van der Waals surface area contributed by atoms with E-state index in [0.717, 1.165) is 74.2 Å². The van der Waals surface area contributed by atoms with E-state index in [9.17, 15) is 13.2 Å². The normalized spacial score (nSPS) is 19.4. The van der Waals surface area contributed by atoms with Crippen LogP contribution < -0.4 is 15.4 Å². The van der Waals surface area contributed by atoms with Gasteiger partial charge in [-0.15, -0.1) is 0 Å². The third-order valence-corrected chi connectivity index (χ3v) is 7.98. The fraction of sp³-hybridized carbons (Fsp3) is 0.480. The van der Waals surface area contributed by atoms with Crippen LogP contribution in [0.5, 0.6) is 0 Å². The summed E-state index contributed by atoms with van der Waals surface area (Å²) >= 11 is 6.20. The molecular formula is C25H33ClN7O3S+. The van der Waals surface area contributed by atoms with Gasteiger partial charge in [0, 0.05) is 55.3 Å². The average molecular weight is 547 g/mol. The van der Waals surface area contributed by atoms with E-state index in [0.29, 0.717) is 17.6 Å². The Hall–Kier alpha value is -2.89. The molecule has 2 saturated heterocycles. The minimum absolute atomic E-state index is 0.212. The van der Waals surface area contributed by atoms with Gasteiger partial charge in [0.1, 0.15) is 5.82 Å². The summed E-state index contributed by atoms with van der Waals surface area (Å²) in [6.07, 6.45) is 7.73. The van der Waals surface area contributed by atoms with E-state index < -0.39 is 10.0 Å². The number of nitrogens with zero attached hydrogens (tertiary/aromatic N) is 5. The fourth-order valence-electron chi connectivity index (χ4n) is 5.27. The molecule has 5 rings (SSSR count). The highest BCUT2D eigenvalue weighted by atomic mass is 35.5. The summed E-state index contributed by atoms with van der Waals surface area (Å²) < 4.78 is 28.1. The van der Waals surface area contributed by atoms with E-state index in [1.54, 1.807) is 15.5 Å². The molecule has 12 heteroatoms. The number of hydrogen-bond donors (Lipinski definition) is 2. The molecule has 198 valence electrons. The second-order valence-corrected chi connectivity index (χ2v) is 12.3. The van der Waals surface area contributed by atoms with Gasteiger partial charge in [0.25, 0.3) is 5.91 Å². The number of carbonyl (C=O) groups excluding carboxylic acids is 1. The molecule has 2 aliphatic rings. The largest absolute Gasteiger partial charge is 0.356 e. The first-order valence-electron chi connectivity index (χ1n) is 12.6. The van der Waals surface area contributed by atoms with Gasteiger partial charge < -0.3 is 15.5 Å². The van der Waals surface area contributed by atoms with Gasteiger partial charge in [0.05, 0.1) is 35.3 Å². The molecule has 0 spiro atoms. The minimum atomic E-state index is -3.58. The maximum Gasteiger partial charge on any atom is 0.256 e. The smallest absolute Gasteiger partial charge is 0.256 e. The van der Waals surface area contributed by atoms with Gasteiger partial charge in [0.15, 0.2) is 5.65 Å². The number of aromatic nitrogens is 3. The second-order valence-electron chi connectivity index (χ2n) is 10.1. The molecule has 1 atom stereocenters. The molecule has 4 heterocycles. The Bertz CT molecular complexity index is 1430. The molecule has 3 aromatic rings. The SMILES string of the molecule is Cc1cn2nc(C3CCCCN3C(=O)c3cc(Cl)ccc3NS(C)(=O)=O)cc2nc1N1CCC([NH3+])CC1. The van der Waals surface area contributed by atoms with E-state index in [1.807, 2.05) is 19.2 Å². The highest BCUT2D eigenvalue weighted by Crippen LogP contribution is 2.34. The van der Waals surface area contributed by atoms with Crippen molar-refractivity contribution in [1.29, 1.82) is 0 Å². The highest BCUT2D eigenvalue weighted by molar-refractivity contribution is 7.92. The van der Waals surface area contributed by atoms with Crippen LogP contribution in [0.25, 0.3) is 5.65 Å². The first-order valence-corrected chi connectivity index (χ1v) is 14.9. The molecule has 0 saturated carbocycles. The van der Waals surface area contributed by atoms with Crippen LogP contribution in [0.1, 0.15) is 59.8 Å². The summed E-state index contributed by atoms with van der Waals surface area (Å²) in [6, 6.07) is 6.79. The van der Waals surface area contributed by atoms with Crippen molar-refractivity contribution in [2.24, 2.45) is 0 Å². The van der Waals surface area contributed by atoms with Crippen LogP contribution in [0.15, 0.2) is 30.5 Å². The number of quaternary nitrogens is 1. The quantitative estimate of drug-likeness (QED) is 0.506. The molecule has 0 bridgehead atoms. The highest BCUT2D eigenvalue weighted by Gasteiger charge is 2.32. The van der Waals surface area contributed by atoms with Gasteiger partial charge in [-0.25, -0.2) is 17.9 Å². The summed E-state index contributed by atoms with van der Waals surface area (Å²) in [6.45, 7) is 4.46. The minimum Gasteiger partial charge on any atom is -0.356 e. The molecule has 2 aromatic heterocycles. The van der Waals surface area contributed by atoms with Gasteiger partial charge in [-0.05, 0) is 44.4 Å². The van der Waals surface area contributed by atoms with Crippen molar-refractivity contribution < 1.29 is 18.9 Å². The lowest BCUT2D eigenvalue weighted by Gasteiger charge is -2.35. The number of piperidine rings is 2. The zero-order chi connectivity index (χ0) is 26.3. The van der Waals surface area contributed by atoms with Gasteiger partial charge in [-0.2, -0.15) is 5.10 Å². The Kier molecular flexibility index (Phi) is 7.03. The van der Waals surface area contributed by atoms with Crippen molar-refractivity contribution >= 4 is 44.7 Å². The Morgan fingerprint density at radius 3 is 2.62 bits per heavy atom. The summed E-state index contributed by atoms with van der Waals surface area (Å²) in [5.41, 5.74) is 7.19. The molecule has 10 nitrogen and oxygen atoms in total. The number of halogens is 1. The van der Waals surface area contributed by atoms with E-state index in [4.69, 9.17) is 21.7 Å². The Labute approximate surface area is 221 Å². The molecule has 4 N–H and O–H groups in total. The van der Waals surface area contributed by atoms with E-state index in [1.165, 1.54) is 12.1 Å². The molecule has 0 aliphatic carbocycles. The number of rotatable bonds is 5. The average Bonchev–Trinajstić information content (AvgIpc) is 3.26. The predicted molar refractivity (Wildman–Crippen MR) is 143 cm³/mol. The van der Waals surface area contributed by atoms with Crippen molar-refractivity contribution in [3.63, 3.8) is 0 Å². The molecule has 1 aromatic carbocycles. The second kappa shape index (κ2) is 10.1. The van der Waals surface area contributed by atoms with Crippen LogP contribution in [0.2, 0.25) is 5.02 Å². The molecule has 0 radical (unpaired) electrons. The first kappa shape index (κ1) is 25.7. The van der Waals surface area contributed by atoms with Crippen molar-refractivity contribution in [2.45, 2.75) is 51.1 Å². The lowest BCUT2D eigenvalue weighted by atomic mass is 9.98. The van der Waals surface area contributed by atoms with Crippen molar-refractivity contribution in [3.8, 4) is 0 Å². The van der Waals surface area contributed by atoms with Gasteiger partial charge in [-0.3, -0.25) is 9.52 Å². The number of carbonyl (C=O) groups is 1. The first-order chi connectivity index (χ1) is 17.6. The number of anilines is 2. The molecule has 2 fully saturated rings. The third kappa shape index (κ3) is 5.53. The van der Waals surface area contributed by atoms with Crippen molar-refractivity contribution in [1.82, 2.24) is 19.5 Å². The van der Waals surface area contributed by atoms with Crippen LogP contribution in [-0.2, 0) is 10.0 Å².